The second-order valence-corrected chi connectivity index (χ2v) is 7.04. The van der Waals surface area contributed by atoms with Gasteiger partial charge in [0.1, 0.15) is 17.8 Å². The largest absolute Gasteiger partial charge is 0.456 e. The van der Waals surface area contributed by atoms with Crippen molar-refractivity contribution in [1.29, 1.82) is 0 Å². The average Bonchev–Trinajstić information content (AvgIpc) is 2.83. The molecule has 0 atom stereocenters. The number of benzene rings is 1. The Labute approximate surface area is 135 Å². The zero-order valence-corrected chi connectivity index (χ0v) is 14.2. The van der Waals surface area contributed by atoms with Gasteiger partial charge < -0.3 is 9.30 Å². The number of rotatable bonds is 5. The van der Waals surface area contributed by atoms with Gasteiger partial charge in [-0.1, -0.05) is 12.1 Å². The SMILES string of the molecule is Cn1cnnc1CSCc1cccc(C(=O)OC(C)(C)C)c1. The number of hydrogen-bond donors (Lipinski definition) is 0. The monoisotopic (exact) mass is 319 g/mol. The van der Waals surface area contributed by atoms with E-state index in [4.69, 9.17) is 4.74 Å². The topological polar surface area (TPSA) is 57.0 Å². The van der Waals surface area contributed by atoms with E-state index in [1.807, 2.05) is 50.6 Å². The Balaban J connectivity index is 1.94. The zero-order valence-electron chi connectivity index (χ0n) is 13.4. The van der Waals surface area contributed by atoms with E-state index in [1.54, 1.807) is 24.2 Å². The summed E-state index contributed by atoms with van der Waals surface area (Å²) in [7, 11) is 1.93. The molecule has 5 nitrogen and oxygen atoms in total. The van der Waals surface area contributed by atoms with E-state index in [1.165, 1.54) is 0 Å². The van der Waals surface area contributed by atoms with Gasteiger partial charge in [0.25, 0.3) is 0 Å². The summed E-state index contributed by atoms with van der Waals surface area (Å²) in [6.45, 7) is 5.60. The zero-order chi connectivity index (χ0) is 16.2. The highest BCUT2D eigenvalue weighted by Crippen LogP contribution is 2.19. The molecule has 22 heavy (non-hydrogen) atoms. The lowest BCUT2D eigenvalue weighted by Crippen LogP contribution is -2.23. The van der Waals surface area contributed by atoms with Crippen molar-refractivity contribution in [3.63, 3.8) is 0 Å². The molecule has 1 heterocycles. The fourth-order valence-electron chi connectivity index (χ4n) is 1.82. The first-order valence-corrected chi connectivity index (χ1v) is 8.23. The first-order valence-electron chi connectivity index (χ1n) is 7.08. The third-order valence-electron chi connectivity index (χ3n) is 2.87. The summed E-state index contributed by atoms with van der Waals surface area (Å²) in [5.74, 6) is 2.25. The van der Waals surface area contributed by atoms with E-state index in [0.29, 0.717) is 5.56 Å². The maximum absolute atomic E-state index is 12.1. The summed E-state index contributed by atoms with van der Waals surface area (Å²) in [5, 5.41) is 7.91. The predicted molar refractivity (Wildman–Crippen MR) is 87.6 cm³/mol. The summed E-state index contributed by atoms with van der Waals surface area (Å²) in [6, 6.07) is 7.57. The lowest BCUT2D eigenvalue weighted by molar-refractivity contribution is 0.00694. The van der Waals surface area contributed by atoms with Gasteiger partial charge in [-0.25, -0.2) is 4.79 Å². The van der Waals surface area contributed by atoms with Crippen LogP contribution in [0.5, 0.6) is 0 Å². The van der Waals surface area contributed by atoms with Crippen LogP contribution in [0.3, 0.4) is 0 Å². The van der Waals surface area contributed by atoms with Crippen molar-refractivity contribution in [2.45, 2.75) is 37.9 Å². The Kier molecular flexibility index (Phi) is 5.24. The first-order chi connectivity index (χ1) is 10.3. The molecule has 0 spiro atoms. The van der Waals surface area contributed by atoms with E-state index in [0.717, 1.165) is 22.9 Å². The van der Waals surface area contributed by atoms with Gasteiger partial charge >= 0.3 is 5.97 Å². The predicted octanol–water partition coefficient (Wildman–Crippen LogP) is 3.20. The maximum Gasteiger partial charge on any atom is 0.338 e. The van der Waals surface area contributed by atoms with Crippen molar-refractivity contribution in [3.8, 4) is 0 Å². The molecule has 0 fully saturated rings. The van der Waals surface area contributed by atoms with Crippen LogP contribution < -0.4 is 0 Å². The van der Waals surface area contributed by atoms with E-state index >= 15 is 0 Å². The number of esters is 1. The summed E-state index contributed by atoms with van der Waals surface area (Å²) in [6.07, 6.45) is 1.69. The van der Waals surface area contributed by atoms with Gasteiger partial charge in [-0.2, -0.15) is 0 Å². The Hall–Kier alpha value is -1.82. The van der Waals surface area contributed by atoms with Gasteiger partial charge in [-0.3, -0.25) is 0 Å². The van der Waals surface area contributed by atoms with Gasteiger partial charge in [0.2, 0.25) is 0 Å². The van der Waals surface area contributed by atoms with Gasteiger partial charge in [-0.15, -0.1) is 22.0 Å². The second kappa shape index (κ2) is 6.96. The van der Waals surface area contributed by atoms with E-state index in [9.17, 15) is 4.79 Å². The summed E-state index contributed by atoms with van der Waals surface area (Å²) < 4.78 is 7.30. The molecule has 6 heteroatoms. The molecule has 0 radical (unpaired) electrons. The molecule has 0 saturated heterocycles. The number of carbonyl (C=O) groups is 1. The fourth-order valence-corrected chi connectivity index (χ4v) is 2.78. The van der Waals surface area contributed by atoms with Crippen LogP contribution in [-0.2, 0) is 23.3 Å². The molecular weight excluding hydrogens is 298 g/mol. The molecule has 2 rings (SSSR count). The number of aryl methyl sites for hydroxylation is 1. The lowest BCUT2D eigenvalue weighted by atomic mass is 10.1. The van der Waals surface area contributed by atoms with Crippen LogP contribution in [0, 0.1) is 0 Å². The molecule has 0 saturated carbocycles. The van der Waals surface area contributed by atoms with Crippen LogP contribution in [0.2, 0.25) is 0 Å². The molecule has 118 valence electrons. The molecule has 0 aliphatic heterocycles. The van der Waals surface area contributed by atoms with Crippen molar-refractivity contribution in [1.82, 2.24) is 14.8 Å². The molecule has 0 aliphatic rings. The van der Waals surface area contributed by atoms with E-state index in [2.05, 4.69) is 10.2 Å². The number of nitrogens with zero attached hydrogens (tertiary/aromatic N) is 3. The van der Waals surface area contributed by atoms with Crippen molar-refractivity contribution >= 4 is 17.7 Å². The molecule has 0 N–H and O–H groups in total. The van der Waals surface area contributed by atoms with Gasteiger partial charge in [0.05, 0.1) is 11.3 Å². The minimum Gasteiger partial charge on any atom is -0.456 e. The summed E-state index contributed by atoms with van der Waals surface area (Å²) >= 11 is 1.74. The quantitative estimate of drug-likeness (QED) is 0.792. The Bertz CT molecular complexity index is 647. The summed E-state index contributed by atoms with van der Waals surface area (Å²) in [5.41, 5.74) is 1.20. The standard InChI is InChI=1S/C16H21N3O2S/c1-16(2,3)21-15(20)13-7-5-6-12(8-13)9-22-10-14-18-17-11-19(14)4/h5-8,11H,9-10H2,1-4H3. The van der Waals surface area contributed by atoms with Crippen molar-refractivity contribution in [2.75, 3.05) is 0 Å². The molecule has 1 aromatic heterocycles. The van der Waals surface area contributed by atoms with Gasteiger partial charge in [-0.05, 0) is 38.5 Å². The van der Waals surface area contributed by atoms with Gasteiger partial charge in [0.15, 0.2) is 0 Å². The van der Waals surface area contributed by atoms with Gasteiger partial charge in [0, 0.05) is 12.8 Å². The van der Waals surface area contributed by atoms with Crippen LogP contribution in [-0.4, -0.2) is 26.3 Å². The number of hydrogen-bond acceptors (Lipinski definition) is 5. The first kappa shape index (κ1) is 16.5. The Morgan fingerprint density at radius 2 is 2.09 bits per heavy atom. The van der Waals surface area contributed by atoms with E-state index in [-0.39, 0.29) is 5.97 Å². The minimum atomic E-state index is -0.479. The number of ether oxygens (including phenoxy) is 1. The Morgan fingerprint density at radius 3 is 2.73 bits per heavy atom. The lowest BCUT2D eigenvalue weighted by Gasteiger charge is -2.19. The van der Waals surface area contributed by atoms with Crippen LogP contribution in [0.25, 0.3) is 0 Å². The average molecular weight is 319 g/mol. The number of carbonyl (C=O) groups excluding carboxylic acids is 1. The third-order valence-corrected chi connectivity index (χ3v) is 3.87. The number of thioether (sulfide) groups is 1. The highest BCUT2D eigenvalue weighted by Gasteiger charge is 2.17. The molecule has 1 aromatic carbocycles. The maximum atomic E-state index is 12.1. The molecular formula is C16H21N3O2S. The van der Waals surface area contributed by atoms with Crippen molar-refractivity contribution in [2.24, 2.45) is 7.05 Å². The normalized spacial score (nSPS) is 11.5. The van der Waals surface area contributed by atoms with Crippen LogP contribution in [0.1, 0.15) is 42.5 Å². The highest BCUT2D eigenvalue weighted by molar-refractivity contribution is 7.97. The van der Waals surface area contributed by atoms with Crippen LogP contribution >= 0.6 is 11.8 Å². The molecule has 0 bridgehead atoms. The fraction of sp³-hybridized carbons (Fsp3) is 0.438. The van der Waals surface area contributed by atoms with Crippen molar-refractivity contribution < 1.29 is 9.53 Å². The third kappa shape index (κ3) is 4.87. The van der Waals surface area contributed by atoms with Crippen LogP contribution in [0.4, 0.5) is 0 Å². The number of aromatic nitrogens is 3. The van der Waals surface area contributed by atoms with E-state index < -0.39 is 5.60 Å². The second-order valence-electron chi connectivity index (χ2n) is 6.05. The highest BCUT2D eigenvalue weighted by atomic mass is 32.2. The van der Waals surface area contributed by atoms with Crippen molar-refractivity contribution in [3.05, 3.63) is 47.5 Å². The molecule has 2 aromatic rings. The Morgan fingerprint density at radius 1 is 1.32 bits per heavy atom. The smallest absolute Gasteiger partial charge is 0.338 e. The molecule has 0 amide bonds. The van der Waals surface area contributed by atoms with Crippen LogP contribution in [0.15, 0.2) is 30.6 Å². The summed E-state index contributed by atoms with van der Waals surface area (Å²) in [4.78, 5) is 12.1. The molecule has 0 aliphatic carbocycles. The molecule has 0 unspecified atom stereocenters. The minimum absolute atomic E-state index is 0.285.